The minimum Gasteiger partial charge on any atom is -0.450 e. The van der Waals surface area contributed by atoms with Crippen LogP contribution in [0.25, 0.3) is 0 Å². The predicted molar refractivity (Wildman–Crippen MR) is 64.1 cm³/mol. The summed E-state index contributed by atoms with van der Waals surface area (Å²) in [4.78, 5) is 23.8. The molecule has 0 aliphatic carbocycles. The van der Waals surface area contributed by atoms with Gasteiger partial charge in [-0.15, -0.1) is 6.58 Å². The minimum atomic E-state index is -1.41. The number of rotatable bonds is 2. The molecule has 0 saturated carbocycles. The molecule has 6 heteroatoms. The van der Waals surface area contributed by atoms with Crippen LogP contribution in [0.5, 0.6) is 0 Å². The molecule has 1 heterocycles. The Morgan fingerprint density at radius 1 is 1.44 bits per heavy atom. The third-order valence-electron chi connectivity index (χ3n) is 2.53. The molecule has 6 nitrogen and oxygen atoms in total. The quantitative estimate of drug-likeness (QED) is 0.607. The van der Waals surface area contributed by atoms with Crippen molar-refractivity contribution in [2.75, 3.05) is 6.54 Å². The van der Waals surface area contributed by atoms with Gasteiger partial charge in [0, 0.05) is 12.5 Å². The molecule has 2 atom stereocenters. The molecule has 0 unspecified atom stereocenters. The van der Waals surface area contributed by atoms with Gasteiger partial charge in [-0.3, -0.25) is 4.90 Å². The van der Waals surface area contributed by atoms with E-state index < -0.39 is 24.1 Å². The molecule has 1 saturated heterocycles. The molecule has 1 aliphatic heterocycles. The SMILES string of the molecule is C=C[C@H]1CCN(C(=O)OC(C)(C)C)[C@H]1OC(=O)O. The zero-order valence-corrected chi connectivity index (χ0v) is 10.9. The number of carboxylic acid groups (broad SMARTS) is 1. The van der Waals surface area contributed by atoms with Gasteiger partial charge >= 0.3 is 12.2 Å². The van der Waals surface area contributed by atoms with E-state index >= 15 is 0 Å². The highest BCUT2D eigenvalue weighted by molar-refractivity contribution is 5.69. The maximum atomic E-state index is 11.9. The molecule has 1 amide bonds. The van der Waals surface area contributed by atoms with Crippen LogP contribution >= 0.6 is 0 Å². The average Bonchev–Trinajstić information content (AvgIpc) is 2.57. The molecule has 0 aromatic rings. The van der Waals surface area contributed by atoms with Crippen molar-refractivity contribution in [3.63, 3.8) is 0 Å². The number of nitrogens with zero attached hydrogens (tertiary/aromatic N) is 1. The Bertz CT molecular complexity index is 347. The maximum Gasteiger partial charge on any atom is 0.507 e. The first kappa shape index (κ1) is 14.3. The summed E-state index contributed by atoms with van der Waals surface area (Å²) in [5.74, 6) is -0.200. The van der Waals surface area contributed by atoms with Gasteiger partial charge in [-0.2, -0.15) is 0 Å². The number of hydrogen-bond acceptors (Lipinski definition) is 4. The van der Waals surface area contributed by atoms with Crippen LogP contribution in [0, 0.1) is 5.92 Å². The fourth-order valence-corrected chi connectivity index (χ4v) is 1.79. The highest BCUT2D eigenvalue weighted by Gasteiger charge is 2.40. The molecule has 18 heavy (non-hydrogen) atoms. The molecule has 1 fully saturated rings. The van der Waals surface area contributed by atoms with E-state index in [-0.39, 0.29) is 5.92 Å². The lowest BCUT2D eigenvalue weighted by atomic mass is 10.1. The molecule has 1 aliphatic rings. The van der Waals surface area contributed by atoms with Crippen LogP contribution in [0.2, 0.25) is 0 Å². The van der Waals surface area contributed by atoms with E-state index in [9.17, 15) is 9.59 Å². The Kier molecular flexibility index (Phi) is 4.21. The number of likely N-dealkylation sites (tertiary alicyclic amines) is 1. The van der Waals surface area contributed by atoms with Crippen molar-refractivity contribution in [3.8, 4) is 0 Å². The monoisotopic (exact) mass is 257 g/mol. The standard InChI is InChI=1S/C12H19NO5/c1-5-8-6-7-13(9(8)17-11(15)16)10(14)18-12(2,3)4/h5,8-9H,1,6-7H2,2-4H3,(H,15,16)/t8-,9-/m0/s1. The first-order chi connectivity index (χ1) is 8.24. The summed E-state index contributed by atoms with van der Waals surface area (Å²) in [5.41, 5.74) is -0.628. The Hall–Kier alpha value is -1.72. The van der Waals surface area contributed by atoms with Crippen LogP contribution in [0.3, 0.4) is 0 Å². The number of amides is 1. The van der Waals surface area contributed by atoms with Gasteiger partial charge in [0.2, 0.25) is 0 Å². The van der Waals surface area contributed by atoms with Gasteiger partial charge in [-0.1, -0.05) is 6.08 Å². The average molecular weight is 257 g/mol. The molecule has 0 aromatic heterocycles. The van der Waals surface area contributed by atoms with Gasteiger partial charge in [-0.05, 0) is 27.2 Å². The van der Waals surface area contributed by atoms with E-state index in [0.717, 1.165) is 0 Å². The molecule has 0 aromatic carbocycles. The summed E-state index contributed by atoms with van der Waals surface area (Å²) < 4.78 is 9.94. The summed E-state index contributed by atoms with van der Waals surface area (Å²) in [6, 6.07) is 0. The second-order valence-electron chi connectivity index (χ2n) is 5.14. The molecule has 0 spiro atoms. The topological polar surface area (TPSA) is 76.1 Å². The number of carbonyl (C=O) groups excluding carboxylic acids is 1. The van der Waals surface area contributed by atoms with Crippen molar-refractivity contribution in [2.24, 2.45) is 5.92 Å². The van der Waals surface area contributed by atoms with Gasteiger partial charge in [0.15, 0.2) is 6.23 Å². The van der Waals surface area contributed by atoms with Crippen LogP contribution in [-0.2, 0) is 9.47 Å². The van der Waals surface area contributed by atoms with Gasteiger partial charge in [-0.25, -0.2) is 9.59 Å². The van der Waals surface area contributed by atoms with Crippen molar-refractivity contribution >= 4 is 12.2 Å². The highest BCUT2D eigenvalue weighted by Crippen LogP contribution is 2.28. The van der Waals surface area contributed by atoms with E-state index in [1.165, 1.54) is 4.90 Å². The molecular formula is C12H19NO5. The molecule has 0 bridgehead atoms. The largest absolute Gasteiger partial charge is 0.507 e. The molecule has 102 valence electrons. The summed E-state index contributed by atoms with van der Waals surface area (Å²) >= 11 is 0. The summed E-state index contributed by atoms with van der Waals surface area (Å²) in [6.45, 7) is 9.26. The second kappa shape index (κ2) is 5.29. The third-order valence-corrected chi connectivity index (χ3v) is 2.53. The van der Waals surface area contributed by atoms with Crippen LogP contribution in [0.4, 0.5) is 9.59 Å². The van der Waals surface area contributed by atoms with Gasteiger partial charge in [0.25, 0.3) is 0 Å². The first-order valence-electron chi connectivity index (χ1n) is 5.76. The van der Waals surface area contributed by atoms with Crippen LogP contribution in [0.1, 0.15) is 27.2 Å². The highest BCUT2D eigenvalue weighted by atomic mass is 16.7. The fourth-order valence-electron chi connectivity index (χ4n) is 1.79. The Morgan fingerprint density at radius 3 is 2.50 bits per heavy atom. The summed E-state index contributed by atoms with van der Waals surface area (Å²) in [6.07, 6.45) is -0.631. The molecule has 0 radical (unpaired) electrons. The van der Waals surface area contributed by atoms with E-state index in [1.54, 1.807) is 26.8 Å². The van der Waals surface area contributed by atoms with E-state index in [2.05, 4.69) is 6.58 Å². The fraction of sp³-hybridized carbons (Fsp3) is 0.667. The van der Waals surface area contributed by atoms with Crippen molar-refractivity contribution in [1.82, 2.24) is 4.90 Å². The number of hydrogen-bond donors (Lipinski definition) is 1. The maximum absolute atomic E-state index is 11.9. The normalized spacial score (nSPS) is 23.6. The third kappa shape index (κ3) is 3.65. The van der Waals surface area contributed by atoms with Crippen molar-refractivity contribution in [1.29, 1.82) is 0 Å². The van der Waals surface area contributed by atoms with E-state index in [1.807, 2.05) is 0 Å². The Labute approximate surface area is 106 Å². The Balaban J connectivity index is 2.77. The first-order valence-corrected chi connectivity index (χ1v) is 5.76. The molecule has 1 N–H and O–H groups in total. The molecular weight excluding hydrogens is 238 g/mol. The van der Waals surface area contributed by atoms with Gasteiger partial charge in [0.1, 0.15) is 5.60 Å². The number of ether oxygens (including phenoxy) is 2. The zero-order chi connectivity index (χ0) is 13.9. The number of carbonyl (C=O) groups is 2. The van der Waals surface area contributed by atoms with Crippen molar-refractivity contribution in [3.05, 3.63) is 12.7 Å². The van der Waals surface area contributed by atoms with Crippen molar-refractivity contribution < 1.29 is 24.2 Å². The lowest BCUT2D eigenvalue weighted by Gasteiger charge is -2.28. The zero-order valence-electron chi connectivity index (χ0n) is 10.9. The van der Waals surface area contributed by atoms with Crippen LogP contribution in [0.15, 0.2) is 12.7 Å². The van der Waals surface area contributed by atoms with Crippen LogP contribution < -0.4 is 0 Å². The van der Waals surface area contributed by atoms with Gasteiger partial charge in [0.05, 0.1) is 0 Å². The summed E-state index contributed by atoms with van der Waals surface area (Å²) in [7, 11) is 0. The lowest BCUT2D eigenvalue weighted by Crippen LogP contribution is -2.43. The predicted octanol–water partition coefficient (Wildman–Crippen LogP) is 2.45. The smallest absolute Gasteiger partial charge is 0.450 e. The Morgan fingerprint density at radius 2 is 2.06 bits per heavy atom. The molecule has 1 rings (SSSR count). The second-order valence-corrected chi connectivity index (χ2v) is 5.14. The minimum absolute atomic E-state index is 0.200. The van der Waals surface area contributed by atoms with E-state index in [0.29, 0.717) is 13.0 Å². The summed E-state index contributed by atoms with van der Waals surface area (Å²) in [5, 5.41) is 8.68. The van der Waals surface area contributed by atoms with Crippen LogP contribution in [-0.4, -0.2) is 40.6 Å². The van der Waals surface area contributed by atoms with E-state index in [4.69, 9.17) is 14.6 Å². The van der Waals surface area contributed by atoms with Crippen molar-refractivity contribution in [2.45, 2.75) is 39.0 Å². The lowest BCUT2D eigenvalue weighted by molar-refractivity contribution is -0.0410. The van der Waals surface area contributed by atoms with Gasteiger partial charge < -0.3 is 14.6 Å².